The Kier molecular flexibility index (Phi) is 4.82. The van der Waals surface area contributed by atoms with Gasteiger partial charge in [0.05, 0.1) is 25.4 Å². The molecule has 0 saturated carbocycles. The van der Waals surface area contributed by atoms with Gasteiger partial charge in [-0.05, 0) is 44.7 Å². The van der Waals surface area contributed by atoms with Gasteiger partial charge in [-0.1, -0.05) is 0 Å². The van der Waals surface area contributed by atoms with Crippen LogP contribution in [0.3, 0.4) is 0 Å². The lowest BCUT2D eigenvalue weighted by molar-refractivity contribution is -0.165. The topological polar surface area (TPSA) is 85.2 Å². The van der Waals surface area contributed by atoms with Crippen LogP contribution in [0.1, 0.15) is 35.9 Å². The summed E-state index contributed by atoms with van der Waals surface area (Å²) in [5.41, 5.74) is 1.38. The Labute approximate surface area is 158 Å². The largest absolute Gasteiger partial charge is 0.371 e. The maximum atomic E-state index is 12.8. The lowest BCUT2D eigenvalue weighted by Gasteiger charge is -2.52. The van der Waals surface area contributed by atoms with E-state index in [-0.39, 0.29) is 11.5 Å². The highest BCUT2D eigenvalue weighted by atomic mass is 16.5. The molecular weight excluding hydrogens is 344 g/mol. The highest BCUT2D eigenvalue weighted by Crippen LogP contribution is 2.36. The first-order valence-corrected chi connectivity index (χ1v) is 9.57. The predicted molar refractivity (Wildman–Crippen MR) is 100 cm³/mol. The minimum Gasteiger partial charge on any atom is -0.371 e. The van der Waals surface area contributed by atoms with Crippen LogP contribution in [0.4, 0.5) is 5.95 Å². The summed E-state index contributed by atoms with van der Waals surface area (Å²) < 4.78 is 7.96. The van der Waals surface area contributed by atoms with Crippen molar-refractivity contribution in [2.75, 3.05) is 31.6 Å². The number of carbonyl (C=O) groups is 1. The minimum atomic E-state index is -0.165. The van der Waals surface area contributed by atoms with Gasteiger partial charge in [0.1, 0.15) is 11.3 Å². The van der Waals surface area contributed by atoms with Crippen molar-refractivity contribution in [2.45, 2.75) is 38.8 Å². The number of amides is 1. The van der Waals surface area contributed by atoms with Crippen molar-refractivity contribution in [1.29, 1.82) is 0 Å². The second kappa shape index (κ2) is 7.26. The molecule has 0 bridgehead atoms. The number of likely N-dealkylation sites (tertiary alicyclic amines) is 1. The number of aromatic nitrogens is 4. The molecule has 2 fully saturated rings. The molecule has 1 unspecified atom stereocenters. The van der Waals surface area contributed by atoms with Gasteiger partial charge in [-0.3, -0.25) is 9.48 Å². The van der Waals surface area contributed by atoms with E-state index in [1.807, 2.05) is 24.8 Å². The predicted octanol–water partition coefficient (Wildman–Crippen LogP) is 1.73. The lowest BCUT2D eigenvalue weighted by Crippen LogP contribution is -2.66. The minimum absolute atomic E-state index is 0.0525. The number of anilines is 1. The molecule has 2 aliphatic rings. The van der Waals surface area contributed by atoms with E-state index in [1.165, 1.54) is 0 Å². The molecule has 27 heavy (non-hydrogen) atoms. The number of carbonyl (C=O) groups excluding carboxylic acids is 1. The maximum Gasteiger partial charge on any atom is 0.272 e. The number of aryl methyl sites for hydroxylation is 2. The van der Waals surface area contributed by atoms with Crippen molar-refractivity contribution < 1.29 is 9.53 Å². The molecule has 2 aromatic rings. The van der Waals surface area contributed by atoms with Crippen LogP contribution in [0.5, 0.6) is 0 Å². The Bertz CT molecular complexity index is 790. The van der Waals surface area contributed by atoms with Gasteiger partial charge < -0.3 is 15.0 Å². The zero-order chi connectivity index (χ0) is 18.9. The van der Waals surface area contributed by atoms with Crippen LogP contribution >= 0.6 is 0 Å². The Morgan fingerprint density at radius 3 is 2.81 bits per heavy atom. The van der Waals surface area contributed by atoms with E-state index in [1.54, 1.807) is 23.1 Å². The summed E-state index contributed by atoms with van der Waals surface area (Å²) in [7, 11) is 0. The van der Waals surface area contributed by atoms with Crippen LogP contribution in [-0.4, -0.2) is 62.4 Å². The third-order valence-corrected chi connectivity index (χ3v) is 5.41. The van der Waals surface area contributed by atoms with Crippen molar-refractivity contribution in [3.63, 3.8) is 0 Å². The molecule has 0 aromatic carbocycles. The number of nitrogens with one attached hydrogen (secondary N) is 1. The molecule has 0 aliphatic carbocycles. The first kappa shape index (κ1) is 17.9. The van der Waals surface area contributed by atoms with Crippen molar-refractivity contribution in [2.24, 2.45) is 5.92 Å². The lowest BCUT2D eigenvalue weighted by atomic mass is 9.82. The monoisotopic (exact) mass is 370 g/mol. The fourth-order valence-corrected chi connectivity index (χ4v) is 3.87. The number of hydrogen-bond donors (Lipinski definition) is 1. The molecule has 0 radical (unpaired) electrons. The van der Waals surface area contributed by atoms with Crippen LogP contribution in [0, 0.1) is 12.8 Å². The molecule has 2 aromatic heterocycles. The summed E-state index contributed by atoms with van der Waals surface area (Å²) in [6.07, 6.45) is 5.51. The van der Waals surface area contributed by atoms with Gasteiger partial charge in [0.15, 0.2) is 0 Å². The van der Waals surface area contributed by atoms with Gasteiger partial charge in [0, 0.05) is 25.5 Å². The average molecular weight is 370 g/mol. The Morgan fingerprint density at radius 1 is 1.37 bits per heavy atom. The maximum absolute atomic E-state index is 12.8. The van der Waals surface area contributed by atoms with Crippen molar-refractivity contribution in [3.05, 3.63) is 35.9 Å². The number of nitrogens with zero attached hydrogens (tertiary/aromatic N) is 5. The Balaban J connectivity index is 1.26. The summed E-state index contributed by atoms with van der Waals surface area (Å²) >= 11 is 0. The van der Waals surface area contributed by atoms with Crippen LogP contribution in [0.2, 0.25) is 0 Å². The van der Waals surface area contributed by atoms with Crippen LogP contribution < -0.4 is 5.32 Å². The van der Waals surface area contributed by atoms with E-state index in [9.17, 15) is 4.79 Å². The fourth-order valence-electron chi connectivity index (χ4n) is 3.87. The van der Waals surface area contributed by atoms with Crippen LogP contribution in [-0.2, 0) is 11.3 Å². The van der Waals surface area contributed by atoms with Gasteiger partial charge >= 0.3 is 0 Å². The molecule has 2 aliphatic heterocycles. The molecule has 144 valence electrons. The summed E-state index contributed by atoms with van der Waals surface area (Å²) in [6.45, 7) is 7.46. The zero-order valence-corrected chi connectivity index (χ0v) is 15.9. The molecule has 1 N–H and O–H groups in total. The molecule has 1 amide bonds. The van der Waals surface area contributed by atoms with E-state index in [4.69, 9.17) is 4.74 Å². The second-order valence-electron chi connectivity index (χ2n) is 7.50. The quantitative estimate of drug-likeness (QED) is 0.863. The third-order valence-electron chi connectivity index (χ3n) is 5.41. The smallest absolute Gasteiger partial charge is 0.272 e. The number of hydrogen-bond acceptors (Lipinski definition) is 6. The molecule has 8 nitrogen and oxygen atoms in total. The second-order valence-corrected chi connectivity index (χ2v) is 7.50. The summed E-state index contributed by atoms with van der Waals surface area (Å²) in [5.74, 6) is 1.14. The third kappa shape index (κ3) is 3.66. The SMILES string of the molecule is CCn1nc(C)cc1C(=O)N1CC2(CCC(CNc3ncccn3)CO2)C1. The molecule has 1 atom stereocenters. The van der Waals surface area contributed by atoms with E-state index in [0.717, 1.165) is 25.1 Å². The Hall–Kier alpha value is -2.48. The van der Waals surface area contributed by atoms with Crippen molar-refractivity contribution in [1.82, 2.24) is 24.6 Å². The molecule has 8 heteroatoms. The standard InChI is InChI=1S/C19H26N6O2/c1-3-25-16(9-14(2)23-25)17(26)24-12-19(13-24)6-5-15(11-27-19)10-22-18-20-7-4-8-21-18/h4,7-9,15H,3,5-6,10-13H2,1-2H3,(H,20,21,22). The van der Waals surface area contributed by atoms with E-state index in [0.29, 0.717) is 43.8 Å². The average Bonchev–Trinajstić information content (AvgIpc) is 3.06. The van der Waals surface area contributed by atoms with E-state index in [2.05, 4.69) is 20.4 Å². The van der Waals surface area contributed by atoms with Crippen LogP contribution in [0.15, 0.2) is 24.5 Å². The highest BCUT2D eigenvalue weighted by molar-refractivity contribution is 5.93. The molecule has 1 spiro atoms. The number of ether oxygens (including phenoxy) is 1. The first-order chi connectivity index (χ1) is 13.1. The molecule has 2 saturated heterocycles. The van der Waals surface area contributed by atoms with Crippen molar-refractivity contribution in [3.8, 4) is 0 Å². The molecule has 4 rings (SSSR count). The Morgan fingerprint density at radius 2 is 2.15 bits per heavy atom. The van der Waals surface area contributed by atoms with Gasteiger partial charge in [-0.2, -0.15) is 5.10 Å². The van der Waals surface area contributed by atoms with Gasteiger partial charge in [0.25, 0.3) is 5.91 Å². The first-order valence-electron chi connectivity index (χ1n) is 9.57. The number of rotatable bonds is 5. The summed E-state index contributed by atoms with van der Waals surface area (Å²) in [6, 6.07) is 3.67. The van der Waals surface area contributed by atoms with Crippen molar-refractivity contribution >= 4 is 11.9 Å². The van der Waals surface area contributed by atoms with Gasteiger partial charge in [0.2, 0.25) is 5.95 Å². The zero-order valence-electron chi connectivity index (χ0n) is 15.9. The normalized spacial score (nSPS) is 21.1. The summed E-state index contributed by atoms with van der Waals surface area (Å²) in [4.78, 5) is 23.0. The van der Waals surface area contributed by atoms with E-state index >= 15 is 0 Å². The fraction of sp³-hybridized carbons (Fsp3) is 0.579. The molecular formula is C19H26N6O2. The van der Waals surface area contributed by atoms with Gasteiger partial charge in [-0.15, -0.1) is 0 Å². The van der Waals surface area contributed by atoms with E-state index < -0.39 is 0 Å². The van der Waals surface area contributed by atoms with Gasteiger partial charge in [-0.25, -0.2) is 9.97 Å². The highest BCUT2D eigenvalue weighted by Gasteiger charge is 2.48. The van der Waals surface area contributed by atoms with Crippen LogP contribution in [0.25, 0.3) is 0 Å². The molecule has 4 heterocycles. The summed E-state index contributed by atoms with van der Waals surface area (Å²) in [5, 5.41) is 7.64.